The lowest BCUT2D eigenvalue weighted by molar-refractivity contribution is 1.06. The molecule has 1 nitrogen and oxygen atoms in total. The van der Waals surface area contributed by atoms with Crippen LogP contribution in [0, 0.1) is 0 Å². The van der Waals surface area contributed by atoms with Crippen molar-refractivity contribution in [3.8, 4) is 0 Å². The van der Waals surface area contributed by atoms with Crippen LogP contribution in [0.3, 0.4) is 0 Å². The normalized spacial score (nSPS) is 10.2. The lowest BCUT2D eigenvalue weighted by Crippen LogP contribution is -1.89. The fourth-order valence-electron chi connectivity index (χ4n) is 1.13. The van der Waals surface area contributed by atoms with Crippen molar-refractivity contribution in [1.82, 2.24) is 0 Å². The van der Waals surface area contributed by atoms with Gasteiger partial charge in [0.1, 0.15) is 0 Å². The highest BCUT2D eigenvalue weighted by Gasteiger charge is 2.03. The van der Waals surface area contributed by atoms with Crippen molar-refractivity contribution in [2.75, 3.05) is 5.73 Å². The average molecular weight is 155 g/mol. The lowest BCUT2D eigenvalue weighted by atomic mass is 10.1. The number of nitrogen functional groups attached to an aromatic ring is 1. The molecule has 0 radical (unpaired) electrons. The maximum atomic E-state index is 5.75. The number of thiophene rings is 1. The van der Waals surface area contributed by atoms with Crippen molar-refractivity contribution in [3.05, 3.63) is 16.5 Å². The standard InChI is InChI=1S/C8H13NS/c1-3-6-5-10-8(9)7(6)4-2/h5H,3-4,9H2,1-2H3. The quantitative estimate of drug-likeness (QED) is 0.697. The third-order valence-corrected chi connectivity index (χ3v) is 2.65. The topological polar surface area (TPSA) is 26.0 Å². The molecule has 1 rings (SSSR count). The van der Waals surface area contributed by atoms with Crippen LogP contribution in [0.4, 0.5) is 5.00 Å². The summed E-state index contributed by atoms with van der Waals surface area (Å²) in [4.78, 5) is 0. The van der Waals surface area contributed by atoms with Crippen LogP contribution in [0.1, 0.15) is 25.0 Å². The third kappa shape index (κ3) is 1.16. The highest BCUT2D eigenvalue weighted by Crippen LogP contribution is 2.25. The van der Waals surface area contributed by atoms with Gasteiger partial charge in [0.05, 0.1) is 5.00 Å². The molecule has 0 amide bonds. The van der Waals surface area contributed by atoms with Crippen LogP contribution in [0.2, 0.25) is 0 Å². The molecule has 2 N–H and O–H groups in total. The van der Waals surface area contributed by atoms with Crippen molar-refractivity contribution < 1.29 is 0 Å². The first-order valence-corrected chi connectivity index (χ1v) is 4.52. The summed E-state index contributed by atoms with van der Waals surface area (Å²) in [6.07, 6.45) is 2.18. The van der Waals surface area contributed by atoms with E-state index in [2.05, 4.69) is 19.2 Å². The molecule has 2 heteroatoms. The van der Waals surface area contributed by atoms with E-state index < -0.39 is 0 Å². The molecular weight excluding hydrogens is 142 g/mol. The van der Waals surface area contributed by atoms with Gasteiger partial charge in [-0.15, -0.1) is 11.3 Å². The molecule has 1 aromatic rings. The second kappa shape index (κ2) is 3.06. The number of hydrogen-bond donors (Lipinski definition) is 1. The molecule has 0 bridgehead atoms. The fraction of sp³-hybridized carbons (Fsp3) is 0.500. The summed E-state index contributed by atoms with van der Waals surface area (Å²) in [7, 11) is 0. The summed E-state index contributed by atoms with van der Waals surface area (Å²) in [6, 6.07) is 0. The number of anilines is 1. The van der Waals surface area contributed by atoms with Gasteiger partial charge in [-0.3, -0.25) is 0 Å². The second-order valence-corrected chi connectivity index (χ2v) is 3.22. The van der Waals surface area contributed by atoms with Gasteiger partial charge in [0.2, 0.25) is 0 Å². The van der Waals surface area contributed by atoms with E-state index in [0.717, 1.165) is 17.8 Å². The van der Waals surface area contributed by atoms with Crippen LogP contribution in [-0.2, 0) is 12.8 Å². The van der Waals surface area contributed by atoms with Gasteiger partial charge in [-0.25, -0.2) is 0 Å². The van der Waals surface area contributed by atoms with E-state index in [1.54, 1.807) is 11.3 Å². The molecule has 10 heavy (non-hydrogen) atoms. The minimum atomic E-state index is 0.999. The Kier molecular flexibility index (Phi) is 2.33. The Bertz CT molecular complexity index is 215. The number of rotatable bonds is 2. The van der Waals surface area contributed by atoms with E-state index in [9.17, 15) is 0 Å². The lowest BCUT2D eigenvalue weighted by Gasteiger charge is -1.97. The van der Waals surface area contributed by atoms with E-state index in [-0.39, 0.29) is 0 Å². The smallest absolute Gasteiger partial charge is 0.0891 e. The van der Waals surface area contributed by atoms with Crippen molar-refractivity contribution in [2.45, 2.75) is 26.7 Å². The van der Waals surface area contributed by atoms with Gasteiger partial charge in [-0.1, -0.05) is 13.8 Å². The summed E-state index contributed by atoms with van der Waals surface area (Å²) >= 11 is 1.66. The van der Waals surface area contributed by atoms with Gasteiger partial charge >= 0.3 is 0 Å². The molecule has 0 aromatic carbocycles. The molecule has 56 valence electrons. The molecule has 0 unspecified atom stereocenters. The monoisotopic (exact) mass is 155 g/mol. The van der Waals surface area contributed by atoms with Crippen LogP contribution in [-0.4, -0.2) is 0 Å². The van der Waals surface area contributed by atoms with Crippen LogP contribution in [0.25, 0.3) is 0 Å². The minimum Gasteiger partial charge on any atom is -0.390 e. The third-order valence-electron chi connectivity index (χ3n) is 1.75. The Labute approximate surface area is 65.9 Å². The summed E-state index contributed by atoms with van der Waals surface area (Å²) in [5.41, 5.74) is 8.52. The highest BCUT2D eigenvalue weighted by atomic mass is 32.1. The molecule has 0 saturated heterocycles. The largest absolute Gasteiger partial charge is 0.390 e. The first-order valence-electron chi connectivity index (χ1n) is 3.64. The number of nitrogens with two attached hydrogens (primary N) is 1. The first-order chi connectivity index (χ1) is 4.79. The predicted molar refractivity (Wildman–Crippen MR) is 47.5 cm³/mol. The van der Waals surface area contributed by atoms with Gasteiger partial charge in [0.25, 0.3) is 0 Å². The summed E-state index contributed by atoms with van der Waals surface area (Å²) in [6.45, 7) is 4.32. The summed E-state index contributed by atoms with van der Waals surface area (Å²) in [5, 5.41) is 3.16. The van der Waals surface area contributed by atoms with Gasteiger partial charge in [0, 0.05) is 0 Å². The summed E-state index contributed by atoms with van der Waals surface area (Å²) in [5.74, 6) is 0. The average Bonchev–Trinajstić information content (AvgIpc) is 2.30. The van der Waals surface area contributed by atoms with Crippen LogP contribution in [0.5, 0.6) is 0 Å². The molecule has 0 spiro atoms. The Morgan fingerprint density at radius 3 is 2.50 bits per heavy atom. The van der Waals surface area contributed by atoms with Crippen molar-refractivity contribution in [1.29, 1.82) is 0 Å². The van der Waals surface area contributed by atoms with E-state index in [1.165, 1.54) is 11.1 Å². The molecule has 0 aliphatic heterocycles. The van der Waals surface area contributed by atoms with Crippen molar-refractivity contribution >= 4 is 16.3 Å². The second-order valence-electron chi connectivity index (χ2n) is 2.31. The van der Waals surface area contributed by atoms with Gasteiger partial charge in [-0.2, -0.15) is 0 Å². The van der Waals surface area contributed by atoms with E-state index in [4.69, 9.17) is 5.73 Å². The molecule has 0 saturated carbocycles. The van der Waals surface area contributed by atoms with Crippen LogP contribution >= 0.6 is 11.3 Å². The Morgan fingerprint density at radius 1 is 1.40 bits per heavy atom. The van der Waals surface area contributed by atoms with Crippen molar-refractivity contribution in [3.63, 3.8) is 0 Å². The van der Waals surface area contributed by atoms with E-state index >= 15 is 0 Å². The van der Waals surface area contributed by atoms with E-state index in [0.29, 0.717) is 0 Å². The SMILES string of the molecule is CCc1csc(N)c1CC. The zero-order chi connectivity index (χ0) is 7.56. The zero-order valence-electron chi connectivity index (χ0n) is 6.48. The van der Waals surface area contributed by atoms with Gasteiger partial charge in [-0.05, 0) is 29.3 Å². The number of aryl methyl sites for hydroxylation is 1. The number of hydrogen-bond acceptors (Lipinski definition) is 2. The molecule has 1 heterocycles. The van der Waals surface area contributed by atoms with Crippen LogP contribution < -0.4 is 5.73 Å². The Hall–Kier alpha value is -0.500. The molecule has 0 atom stereocenters. The Balaban J connectivity index is 3.01. The minimum absolute atomic E-state index is 0.999. The fourth-order valence-corrected chi connectivity index (χ4v) is 2.13. The molecule has 1 aromatic heterocycles. The Morgan fingerprint density at radius 2 is 2.10 bits per heavy atom. The van der Waals surface area contributed by atoms with Gasteiger partial charge in [0.15, 0.2) is 0 Å². The van der Waals surface area contributed by atoms with Gasteiger partial charge < -0.3 is 5.73 Å². The highest BCUT2D eigenvalue weighted by molar-refractivity contribution is 7.14. The molecular formula is C8H13NS. The predicted octanol–water partition coefficient (Wildman–Crippen LogP) is 2.46. The molecule has 0 aliphatic rings. The molecule has 0 fully saturated rings. The molecule has 0 aliphatic carbocycles. The zero-order valence-corrected chi connectivity index (χ0v) is 7.29. The summed E-state index contributed by atoms with van der Waals surface area (Å²) < 4.78 is 0. The first kappa shape index (κ1) is 7.61. The van der Waals surface area contributed by atoms with Crippen LogP contribution in [0.15, 0.2) is 5.38 Å². The maximum Gasteiger partial charge on any atom is 0.0891 e. The van der Waals surface area contributed by atoms with E-state index in [1.807, 2.05) is 0 Å². The van der Waals surface area contributed by atoms with Crippen molar-refractivity contribution in [2.24, 2.45) is 0 Å². The maximum absolute atomic E-state index is 5.75.